The summed E-state index contributed by atoms with van der Waals surface area (Å²) >= 11 is 1.29. The fourth-order valence-corrected chi connectivity index (χ4v) is 3.99. The average Bonchev–Trinajstić information content (AvgIpc) is 3.31. The molecule has 0 unspecified atom stereocenters. The summed E-state index contributed by atoms with van der Waals surface area (Å²) in [6.45, 7) is 4.78. The number of nitrogens with zero attached hydrogens (tertiary/aromatic N) is 3. The second-order valence-corrected chi connectivity index (χ2v) is 8.37. The lowest BCUT2D eigenvalue weighted by Crippen LogP contribution is -2.23. The summed E-state index contributed by atoms with van der Waals surface area (Å²) in [5.74, 6) is 2.83. The number of methoxy groups -OCH3 is 2. The maximum atomic E-state index is 12.9. The number of hydrogen-bond donors (Lipinski definition) is 0. The molecule has 160 valence electrons. The second-order valence-electron chi connectivity index (χ2n) is 7.36. The number of para-hydroxylation sites is 1. The highest BCUT2D eigenvalue weighted by Crippen LogP contribution is 2.29. The largest absolute Gasteiger partial charge is 0.496 e. The van der Waals surface area contributed by atoms with Gasteiger partial charge in [0.05, 0.1) is 30.9 Å². The van der Waals surface area contributed by atoms with E-state index in [4.69, 9.17) is 14.2 Å². The van der Waals surface area contributed by atoms with E-state index in [2.05, 4.69) is 23.9 Å². The summed E-state index contributed by atoms with van der Waals surface area (Å²) in [6, 6.07) is 13.1. The van der Waals surface area contributed by atoms with Crippen LogP contribution in [0.25, 0.3) is 22.4 Å². The predicted octanol–water partition coefficient (Wildman–Crippen LogP) is 3.42. The first-order chi connectivity index (χ1) is 15.0. The van der Waals surface area contributed by atoms with E-state index >= 15 is 0 Å². The summed E-state index contributed by atoms with van der Waals surface area (Å²) in [5, 5.41) is 4.40. The van der Waals surface area contributed by atoms with Crippen molar-refractivity contribution >= 4 is 22.4 Å². The van der Waals surface area contributed by atoms with Crippen molar-refractivity contribution in [2.75, 3.05) is 20.8 Å². The molecule has 7 nitrogen and oxygen atoms in total. The van der Waals surface area contributed by atoms with Gasteiger partial charge in [-0.15, -0.1) is 5.10 Å². The number of thiazole rings is 1. The molecular formula is C23H23N3O4S. The van der Waals surface area contributed by atoms with E-state index in [0.717, 1.165) is 11.1 Å². The van der Waals surface area contributed by atoms with Gasteiger partial charge in [0.15, 0.2) is 17.3 Å². The molecule has 8 heteroatoms. The summed E-state index contributed by atoms with van der Waals surface area (Å²) in [5.41, 5.74) is 1.36. The van der Waals surface area contributed by atoms with Crippen molar-refractivity contribution in [3.05, 3.63) is 62.9 Å². The van der Waals surface area contributed by atoms with Gasteiger partial charge >= 0.3 is 0 Å². The van der Waals surface area contributed by atoms with E-state index < -0.39 is 0 Å². The molecule has 31 heavy (non-hydrogen) atoms. The fraction of sp³-hybridized carbons (Fsp3) is 0.261. The van der Waals surface area contributed by atoms with Gasteiger partial charge in [0.2, 0.25) is 4.96 Å². The summed E-state index contributed by atoms with van der Waals surface area (Å²) in [6.07, 6.45) is 1.81. The van der Waals surface area contributed by atoms with Crippen molar-refractivity contribution < 1.29 is 14.2 Å². The topological polar surface area (TPSA) is 75.0 Å². The molecule has 2 aromatic carbocycles. The van der Waals surface area contributed by atoms with Crippen LogP contribution in [0.4, 0.5) is 0 Å². The van der Waals surface area contributed by atoms with Crippen LogP contribution in [0.15, 0.2) is 47.3 Å². The molecule has 0 aliphatic heterocycles. The van der Waals surface area contributed by atoms with Crippen molar-refractivity contribution in [2.24, 2.45) is 5.92 Å². The van der Waals surface area contributed by atoms with Gasteiger partial charge in [-0.05, 0) is 41.8 Å². The van der Waals surface area contributed by atoms with Crippen molar-refractivity contribution in [3.63, 3.8) is 0 Å². The SMILES string of the molecule is COc1cc(C=c2sc3nc(-c4ccccc4OC)nn3c2=O)ccc1OCC(C)C. The molecule has 2 heterocycles. The molecule has 0 fully saturated rings. The molecule has 0 radical (unpaired) electrons. The summed E-state index contributed by atoms with van der Waals surface area (Å²) in [4.78, 5) is 17.9. The first-order valence-corrected chi connectivity index (χ1v) is 10.7. The van der Waals surface area contributed by atoms with Gasteiger partial charge < -0.3 is 14.2 Å². The molecule has 4 aromatic rings. The lowest BCUT2D eigenvalue weighted by atomic mass is 10.2. The van der Waals surface area contributed by atoms with Gasteiger partial charge in [0, 0.05) is 0 Å². The minimum Gasteiger partial charge on any atom is -0.496 e. The maximum Gasteiger partial charge on any atom is 0.291 e. The minimum atomic E-state index is -0.215. The van der Waals surface area contributed by atoms with E-state index in [0.29, 0.717) is 45.1 Å². The molecule has 0 spiro atoms. The monoisotopic (exact) mass is 437 g/mol. The molecule has 0 aliphatic rings. The van der Waals surface area contributed by atoms with Crippen LogP contribution in [0.3, 0.4) is 0 Å². The molecule has 4 rings (SSSR count). The van der Waals surface area contributed by atoms with E-state index in [-0.39, 0.29) is 5.56 Å². The third-order valence-electron chi connectivity index (χ3n) is 4.59. The molecule has 0 amide bonds. The fourth-order valence-electron chi connectivity index (χ4n) is 3.08. The van der Waals surface area contributed by atoms with Gasteiger partial charge in [0.25, 0.3) is 5.56 Å². The lowest BCUT2D eigenvalue weighted by molar-refractivity contribution is 0.257. The number of aromatic nitrogens is 3. The van der Waals surface area contributed by atoms with Crippen LogP contribution < -0.4 is 24.3 Å². The highest BCUT2D eigenvalue weighted by atomic mass is 32.1. The molecule has 0 saturated heterocycles. The Labute approximate surface area is 183 Å². The predicted molar refractivity (Wildman–Crippen MR) is 121 cm³/mol. The molecule has 0 aliphatic carbocycles. The van der Waals surface area contributed by atoms with E-state index in [9.17, 15) is 4.79 Å². The minimum absolute atomic E-state index is 0.215. The molecule has 0 N–H and O–H groups in total. The third kappa shape index (κ3) is 4.25. The van der Waals surface area contributed by atoms with Crippen LogP contribution in [-0.2, 0) is 0 Å². The zero-order valence-electron chi connectivity index (χ0n) is 17.8. The Hall–Kier alpha value is -3.39. The molecule has 0 bridgehead atoms. The molecule has 0 saturated carbocycles. The van der Waals surface area contributed by atoms with E-state index in [1.165, 1.54) is 15.9 Å². The Morgan fingerprint density at radius 3 is 2.55 bits per heavy atom. The van der Waals surface area contributed by atoms with Crippen LogP contribution >= 0.6 is 11.3 Å². The van der Waals surface area contributed by atoms with Crippen LogP contribution in [-0.4, -0.2) is 35.4 Å². The van der Waals surface area contributed by atoms with Gasteiger partial charge in [0.1, 0.15) is 5.75 Å². The molecule has 2 aromatic heterocycles. The number of hydrogen-bond acceptors (Lipinski definition) is 7. The van der Waals surface area contributed by atoms with E-state index in [1.807, 2.05) is 42.5 Å². The highest BCUT2D eigenvalue weighted by molar-refractivity contribution is 7.15. The van der Waals surface area contributed by atoms with Crippen LogP contribution in [0, 0.1) is 5.92 Å². The molecular weight excluding hydrogens is 414 g/mol. The van der Waals surface area contributed by atoms with Crippen LogP contribution in [0.1, 0.15) is 19.4 Å². The first kappa shape index (κ1) is 20.9. The quantitative estimate of drug-likeness (QED) is 0.441. The first-order valence-electron chi connectivity index (χ1n) is 9.85. The zero-order chi connectivity index (χ0) is 22.0. The molecule has 0 atom stereocenters. The Kier molecular flexibility index (Phi) is 5.90. The highest BCUT2D eigenvalue weighted by Gasteiger charge is 2.15. The summed E-state index contributed by atoms with van der Waals surface area (Å²) < 4.78 is 18.5. The zero-order valence-corrected chi connectivity index (χ0v) is 18.6. The van der Waals surface area contributed by atoms with E-state index in [1.54, 1.807) is 20.3 Å². The number of rotatable bonds is 7. The number of benzene rings is 2. The Morgan fingerprint density at radius 1 is 1.06 bits per heavy atom. The Morgan fingerprint density at radius 2 is 1.84 bits per heavy atom. The Bertz CT molecular complexity index is 1330. The standard InChI is InChI=1S/C23H23N3O4S/c1-14(2)13-30-18-10-9-15(11-19(18)29-4)12-20-22(27)26-23(31-20)24-21(25-26)16-7-5-6-8-17(16)28-3/h5-12,14H,13H2,1-4H3. The van der Waals surface area contributed by atoms with Crippen LogP contribution in [0.2, 0.25) is 0 Å². The van der Waals surface area contributed by atoms with Crippen molar-refractivity contribution in [3.8, 4) is 28.6 Å². The van der Waals surface area contributed by atoms with Gasteiger partial charge in [-0.3, -0.25) is 4.79 Å². The second kappa shape index (κ2) is 8.77. The Balaban J connectivity index is 1.70. The smallest absolute Gasteiger partial charge is 0.291 e. The van der Waals surface area contributed by atoms with Crippen molar-refractivity contribution in [2.45, 2.75) is 13.8 Å². The maximum absolute atomic E-state index is 12.9. The van der Waals surface area contributed by atoms with Gasteiger partial charge in [-0.25, -0.2) is 0 Å². The van der Waals surface area contributed by atoms with Crippen molar-refractivity contribution in [1.82, 2.24) is 14.6 Å². The number of ether oxygens (including phenoxy) is 3. The lowest BCUT2D eigenvalue weighted by Gasteiger charge is -2.12. The van der Waals surface area contributed by atoms with Gasteiger partial charge in [-0.1, -0.05) is 43.4 Å². The average molecular weight is 438 g/mol. The number of fused-ring (bicyclic) bond motifs is 1. The van der Waals surface area contributed by atoms with Crippen LogP contribution in [0.5, 0.6) is 17.2 Å². The van der Waals surface area contributed by atoms with Gasteiger partial charge in [-0.2, -0.15) is 9.50 Å². The summed E-state index contributed by atoms with van der Waals surface area (Å²) in [7, 11) is 3.19. The normalized spacial score (nSPS) is 12.0. The van der Waals surface area contributed by atoms with Crippen molar-refractivity contribution in [1.29, 1.82) is 0 Å². The third-order valence-corrected chi connectivity index (χ3v) is 5.55.